The summed E-state index contributed by atoms with van der Waals surface area (Å²) in [6, 6.07) is 7.77. The van der Waals surface area contributed by atoms with Crippen LogP contribution in [0, 0.1) is 6.92 Å². The number of hydrogen-bond acceptors (Lipinski definition) is 6. The van der Waals surface area contributed by atoms with Crippen LogP contribution in [-0.4, -0.2) is 39.1 Å². The van der Waals surface area contributed by atoms with Crippen molar-refractivity contribution in [3.8, 4) is 11.5 Å². The molecule has 0 amide bonds. The summed E-state index contributed by atoms with van der Waals surface area (Å²) in [6.07, 6.45) is 0. The number of aryl methyl sites for hydroxylation is 1. The zero-order valence-electron chi connectivity index (χ0n) is 11.6. The highest BCUT2D eigenvalue weighted by atomic mass is 16.5. The van der Waals surface area contributed by atoms with Gasteiger partial charge in [-0.05, 0) is 25.5 Å². The molecule has 6 nitrogen and oxygen atoms in total. The summed E-state index contributed by atoms with van der Waals surface area (Å²) in [5.74, 6) is 0.950. The molecule has 0 unspecified atom stereocenters. The molecule has 2 rings (SSSR count). The Kier molecular flexibility index (Phi) is 4.49. The molecule has 6 heteroatoms. The van der Waals surface area contributed by atoms with Gasteiger partial charge in [0.2, 0.25) is 0 Å². The molecule has 0 spiro atoms. The molecule has 0 saturated heterocycles. The van der Waals surface area contributed by atoms with Gasteiger partial charge in [-0.2, -0.15) is 4.98 Å². The number of aliphatic hydroxyl groups excluding tert-OH is 2. The fourth-order valence-electron chi connectivity index (χ4n) is 1.70. The Balaban J connectivity index is 2.09. The normalized spacial score (nSPS) is 11.8. The van der Waals surface area contributed by atoms with Gasteiger partial charge in [0.25, 0.3) is 5.89 Å². The number of aromatic nitrogens is 2. The van der Waals surface area contributed by atoms with E-state index in [1.165, 1.54) is 0 Å². The minimum Gasteiger partial charge on any atom is -0.394 e. The van der Waals surface area contributed by atoms with Crippen LogP contribution in [0.3, 0.4) is 0 Å². The third-order valence-electron chi connectivity index (χ3n) is 3.21. The van der Waals surface area contributed by atoms with Gasteiger partial charge in [0, 0.05) is 5.56 Å². The van der Waals surface area contributed by atoms with E-state index in [0.29, 0.717) is 18.3 Å². The molecule has 0 radical (unpaired) electrons. The first kappa shape index (κ1) is 14.6. The summed E-state index contributed by atoms with van der Waals surface area (Å²) in [5, 5.41) is 25.3. The second-order valence-electron chi connectivity index (χ2n) is 5.06. The predicted octanol–water partition coefficient (Wildman–Crippen LogP) is 0.878. The van der Waals surface area contributed by atoms with Crippen molar-refractivity contribution in [1.82, 2.24) is 15.5 Å². The molecule has 108 valence electrons. The van der Waals surface area contributed by atoms with Crippen LogP contribution in [-0.2, 0) is 6.54 Å². The van der Waals surface area contributed by atoms with Gasteiger partial charge in [-0.3, -0.25) is 0 Å². The number of aliphatic hydroxyl groups is 2. The summed E-state index contributed by atoms with van der Waals surface area (Å²) < 4.78 is 5.24. The Labute approximate surface area is 117 Å². The van der Waals surface area contributed by atoms with Crippen LogP contribution < -0.4 is 5.32 Å². The third kappa shape index (κ3) is 3.22. The lowest BCUT2D eigenvalue weighted by molar-refractivity contribution is 0.102. The Morgan fingerprint density at radius 1 is 1.25 bits per heavy atom. The lowest BCUT2D eigenvalue weighted by atomic mass is 10.1. The minimum atomic E-state index is -0.760. The highest BCUT2D eigenvalue weighted by molar-refractivity contribution is 5.57. The first-order valence-corrected chi connectivity index (χ1v) is 6.43. The van der Waals surface area contributed by atoms with E-state index in [2.05, 4.69) is 15.5 Å². The smallest absolute Gasteiger partial charge is 0.258 e. The molecule has 0 aliphatic carbocycles. The van der Waals surface area contributed by atoms with Crippen molar-refractivity contribution in [3.05, 3.63) is 35.7 Å². The maximum atomic E-state index is 9.20. The zero-order valence-corrected chi connectivity index (χ0v) is 11.6. The van der Waals surface area contributed by atoms with Gasteiger partial charge >= 0.3 is 0 Å². The lowest BCUT2D eigenvalue weighted by Crippen LogP contribution is -2.48. The van der Waals surface area contributed by atoms with Crippen LogP contribution >= 0.6 is 0 Å². The van der Waals surface area contributed by atoms with Crippen LogP contribution in [0.2, 0.25) is 0 Å². The molecular weight excluding hydrogens is 258 g/mol. The van der Waals surface area contributed by atoms with Crippen molar-refractivity contribution >= 4 is 0 Å². The van der Waals surface area contributed by atoms with Crippen molar-refractivity contribution in [2.24, 2.45) is 0 Å². The highest BCUT2D eigenvalue weighted by Gasteiger charge is 2.22. The van der Waals surface area contributed by atoms with Gasteiger partial charge in [-0.25, -0.2) is 0 Å². The van der Waals surface area contributed by atoms with Gasteiger partial charge in [0.1, 0.15) is 0 Å². The third-order valence-corrected chi connectivity index (χ3v) is 3.21. The van der Waals surface area contributed by atoms with E-state index < -0.39 is 5.54 Å². The molecular formula is C14H19N3O3. The van der Waals surface area contributed by atoms with Crippen LogP contribution in [0.5, 0.6) is 0 Å². The van der Waals surface area contributed by atoms with E-state index in [0.717, 1.165) is 11.1 Å². The number of benzene rings is 1. The quantitative estimate of drug-likeness (QED) is 0.726. The monoisotopic (exact) mass is 277 g/mol. The molecule has 2 aromatic rings. The van der Waals surface area contributed by atoms with Crippen molar-refractivity contribution in [3.63, 3.8) is 0 Å². The van der Waals surface area contributed by atoms with E-state index in [-0.39, 0.29) is 13.2 Å². The van der Waals surface area contributed by atoms with E-state index in [9.17, 15) is 10.2 Å². The first-order chi connectivity index (χ1) is 9.58. The molecule has 1 aromatic heterocycles. The summed E-state index contributed by atoms with van der Waals surface area (Å²) in [6.45, 7) is 3.66. The summed E-state index contributed by atoms with van der Waals surface area (Å²) in [4.78, 5) is 4.31. The average molecular weight is 277 g/mol. The Morgan fingerprint density at radius 2 is 1.95 bits per heavy atom. The van der Waals surface area contributed by atoms with Gasteiger partial charge in [0.15, 0.2) is 5.82 Å². The van der Waals surface area contributed by atoms with Crippen molar-refractivity contribution in [1.29, 1.82) is 0 Å². The first-order valence-electron chi connectivity index (χ1n) is 6.43. The molecule has 20 heavy (non-hydrogen) atoms. The largest absolute Gasteiger partial charge is 0.394 e. The Bertz CT molecular complexity index is 564. The molecule has 0 atom stereocenters. The Hall–Kier alpha value is -1.76. The average Bonchev–Trinajstić information content (AvgIpc) is 2.94. The summed E-state index contributed by atoms with van der Waals surface area (Å²) in [7, 11) is 0. The number of hydrogen-bond donors (Lipinski definition) is 3. The second-order valence-corrected chi connectivity index (χ2v) is 5.06. The van der Waals surface area contributed by atoms with Crippen molar-refractivity contribution in [2.45, 2.75) is 25.9 Å². The number of nitrogens with one attached hydrogen (secondary N) is 1. The number of rotatable bonds is 6. The highest BCUT2D eigenvalue weighted by Crippen LogP contribution is 2.20. The maximum Gasteiger partial charge on any atom is 0.258 e. The molecule has 0 fully saturated rings. The number of nitrogens with zero attached hydrogens (tertiary/aromatic N) is 2. The summed E-state index contributed by atoms with van der Waals surface area (Å²) >= 11 is 0. The molecule has 0 aliphatic heterocycles. The SMILES string of the molecule is Cc1ccccc1-c1nc(CNC(C)(CO)CO)no1. The van der Waals surface area contributed by atoms with Gasteiger partial charge in [0.05, 0.1) is 25.3 Å². The van der Waals surface area contributed by atoms with Crippen LogP contribution in [0.1, 0.15) is 18.3 Å². The predicted molar refractivity (Wildman–Crippen MR) is 73.9 cm³/mol. The molecule has 0 aliphatic rings. The van der Waals surface area contributed by atoms with E-state index in [1.807, 2.05) is 31.2 Å². The zero-order chi connectivity index (χ0) is 14.6. The van der Waals surface area contributed by atoms with Gasteiger partial charge in [-0.15, -0.1) is 0 Å². The minimum absolute atomic E-state index is 0.175. The van der Waals surface area contributed by atoms with E-state index in [4.69, 9.17) is 4.52 Å². The van der Waals surface area contributed by atoms with Gasteiger partial charge < -0.3 is 20.1 Å². The fraction of sp³-hybridized carbons (Fsp3) is 0.429. The molecule has 0 bridgehead atoms. The lowest BCUT2D eigenvalue weighted by Gasteiger charge is -2.25. The fourth-order valence-corrected chi connectivity index (χ4v) is 1.70. The topological polar surface area (TPSA) is 91.4 Å². The van der Waals surface area contributed by atoms with Crippen LogP contribution in [0.15, 0.2) is 28.8 Å². The maximum absolute atomic E-state index is 9.20. The van der Waals surface area contributed by atoms with Crippen molar-refractivity contribution < 1.29 is 14.7 Å². The standard InChI is InChI=1S/C14H19N3O3/c1-10-5-3-4-6-11(10)13-16-12(17-20-13)7-15-14(2,8-18)9-19/h3-6,15,18-19H,7-9H2,1-2H3. The molecule has 3 N–H and O–H groups in total. The van der Waals surface area contributed by atoms with Crippen LogP contribution in [0.25, 0.3) is 11.5 Å². The second kappa shape index (κ2) is 6.13. The van der Waals surface area contributed by atoms with Crippen LogP contribution in [0.4, 0.5) is 0 Å². The van der Waals surface area contributed by atoms with Crippen molar-refractivity contribution in [2.75, 3.05) is 13.2 Å². The van der Waals surface area contributed by atoms with E-state index >= 15 is 0 Å². The molecule has 0 saturated carbocycles. The van der Waals surface area contributed by atoms with E-state index in [1.54, 1.807) is 6.92 Å². The van der Waals surface area contributed by atoms with Gasteiger partial charge in [-0.1, -0.05) is 23.4 Å². The molecule has 1 aromatic carbocycles. The molecule has 1 heterocycles. The Morgan fingerprint density at radius 3 is 2.60 bits per heavy atom. The summed E-state index contributed by atoms with van der Waals surface area (Å²) in [5.41, 5.74) is 1.20.